The van der Waals surface area contributed by atoms with Gasteiger partial charge in [-0.1, -0.05) is 41.4 Å². The fourth-order valence-corrected chi connectivity index (χ4v) is 2.03. The Balaban J connectivity index is 2.10. The topological polar surface area (TPSA) is 26.3 Å². The van der Waals surface area contributed by atoms with Crippen molar-refractivity contribution in [2.24, 2.45) is 0 Å². The van der Waals surface area contributed by atoms with Crippen molar-refractivity contribution in [2.45, 2.75) is 20.5 Å². The van der Waals surface area contributed by atoms with E-state index in [1.165, 1.54) is 12.5 Å². The lowest BCUT2D eigenvalue weighted by Gasteiger charge is -2.09. The van der Waals surface area contributed by atoms with E-state index < -0.39 is 0 Å². The normalized spacial score (nSPS) is 10.3. The summed E-state index contributed by atoms with van der Waals surface area (Å²) >= 11 is 6.09. The molecule has 0 N–H and O–H groups in total. The minimum atomic E-state index is -0.00728. The van der Waals surface area contributed by atoms with Crippen molar-refractivity contribution in [3.8, 4) is 5.75 Å². The fourth-order valence-electron chi connectivity index (χ4n) is 1.80. The molecular formula is C16H15ClO2. The second kappa shape index (κ2) is 5.89. The zero-order chi connectivity index (χ0) is 13.8. The zero-order valence-corrected chi connectivity index (χ0v) is 11.7. The maximum atomic E-state index is 11.2. The first kappa shape index (κ1) is 13.6. The Labute approximate surface area is 118 Å². The number of carbonyl (C=O) groups excluding carboxylic acids is 1. The van der Waals surface area contributed by atoms with Gasteiger partial charge in [0, 0.05) is 5.56 Å². The smallest absolute Gasteiger partial charge is 0.159 e. The molecule has 2 nitrogen and oxygen atoms in total. The van der Waals surface area contributed by atoms with E-state index in [0.29, 0.717) is 22.9 Å². The number of Topliss-reactive ketones (excluding diaryl/α,β-unsaturated/α-hetero) is 1. The molecule has 0 aliphatic heterocycles. The van der Waals surface area contributed by atoms with Crippen molar-refractivity contribution in [1.29, 1.82) is 0 Å². The number of carbonyl (C=O) groups is 1. The highest BCUT2D eigenvalue weighted by Gasteiger charge is 2.06. The Morgan fingerprint density at radius 1 is 1.21 bits per heavy atom. The van der Waals surface area contributed by atoms with Gasteiger partial charge >= 0.3 is 0 Å². The van der Waals surface area contributed by atoms with Gasteiger partial charge in [-0.25, -0.2) is 0 Å². The van der Waals surface area contributed by atoms with E-state index in [0.717, 1.165) is 5.56 Å². The molecule has 2 aromatic carbocycles. The molecule has 2 aromatic rings. The molecule has 2 rings (SSSR count). The number of halogens is 1. The lowest BCUT2D eigenvalue weighted by Crippen LogP contribution is -1.98. The van der Waals surface area contributed by atoms with Gasteiger partial charge in [-0.15, -0.1) is 0 Å². The van der Waals surface area contributed by atoms with Crippen LogP contribution < -0.4 is 4.74 Å². The molecule has 0 heterocycles. The molecule has 0 aliphatic carbocycles. The Morgan fingerprint density at radius 3 is 2.63 bits per heavy atom. The van der Waals surface area contributed by atoms with Gasteiger partial charge in [-0.05, 0) is 37.6 Å². The average molecular weight is 275 g/mol. The highest BCUT2D eigenvalue weighted by Crippen LogP contribution is 2.26. The Bertz CT molecular complexity index is 605. The molecule has 0 radical (unpaired) electrons. The van der Waals surface area contributed by atoms with E-state index in [9.17, 15) is 4.79 Å². The SMILES string of the molecule is CC(=O)c1ccc(OCc2cccc(C)c2)c(Cl)c1. The Morgan fingerprint density at radius 2 is 2.00 bits per heavy atom. The predicted octanol–water partition coefficient (Wildman–Crippen LogP) is 4.43. The van der Waals surface area contributed by atoms with E-state index in [2.05, 4.69) is 6.07 Å². The summed E-state index contributed by atoms with van der Waals surface area (Å²) in [6, 6.07) is 13.2. The van der Waals surface area contributed by atoms with Crippen LogP contribution in [-0.4, -0.2) is 5.78 Å². The van der Waals surface area contributed by atoms with Crippen LogP contribution in [0.1, 0.15) is 28.4 Å². The molecule has 0 aliphatic rings. The fraction of sp³-hybridized carbons (Fsp3) is 0.188. The molecule has 0 unspecified atom stereocenters. The summed E-state index contributed by atoms with van der Waals surface area (Å²) in [5.41, 5.74) is 2.87. The number of hydrogen-bond donors (Lipinski definition) is 0. The lowest BCUT2D eigenvalue weighted by molar-refractivity contribution is 0.101. The monoisotopic (exact) mass is 274 g/mol. The molecular weight excluding hydrogens is 260 g/mol. The van der Waals surface area contributed by atoms with Crippen LogP contribution in [-0.2, 0) is 6.61 Å². The molecule has 0 saturated heterocycles. The van der Waals surface area contributed by atoms with E-state index in [1.54, 1.807) is 18.2 Å². The minimum Gasteiger partial charge on any atom is -0.487 e. The molecule has 3 heteroatoms. The number of hydrogen-bond acceptors (Lipinski definition) is 2. The van der Waals surface area contributed by atoms with Crippen molar-refractivity contribution in [3.63, 3.8) is 0 Å². The second-order valence-corrected chi connectivity index (χ2v) is 4.89. The molecule has 0 fully saturated rings. The molecule has 0 aromatic heterocycles. The van der Waals surface area contributed by atoms with Crippen molar-refractivity contribution in [2.75, 3.05) is 0 Å². The molecule has 0 atom stereocenters. The highest BCUT2D eigenvalue weighted by atomic mass is 35.5. The average Bonchev–Trinajstić information content (AvgIpc) is 2.37. The van der Waals surface area contributed by atoms with Crippen LogP contribution in [0.25, 0.3) is 0 Å². The summed E-state index contributed by atoms with van der Waals surface area (Å²) in [7, 11) is 0. The summed E-state index contributed by atoms with van der Waals surface area (Å²) in [6.07, 6.45) is 0. The van der Waals surface area contributed by atoms with Crippen LogP contribution in [0, 0.1) is 6.92 Å². The van der Waals surface area contributed by atoms with Crippen LogP contribution in [0.2, 0.25) is 5.02 Å². The summed E-state index contributed by atoms with van der Waals surface area (Å²) in [5, 5.41) is 0.459. The van der Waals surface area contributed by atoms with Crippen LogP contribution in [0.3, 0.4) is 0 Å². The van der Waals surface area contributed by atoms with Gasteiger partial charge in [-0.3, -0.25) is 4.79 Å². The summed E-state index contributed by atoms with van der Waals surface area (Å²) < 4.78 is 5.67. The van der Waals surface area contributed by atoms with Crippen molar-refractivity contribution < 1.29 is 9.53 Å². The lowest BCUT2D eigenvalue weighted by atomic mass is 10.1. The molecule has 0 bridgehead atoms. The molecule has 0 spiro atoms. The van der Waals surface area contributed by atoms with Gasteiger partial charge in [0.1, 0.15) is 12.4 Å². The summed E-state index contributed by atoms with van der Waals surface area (Å²) in [5.74, 6) is 0.584. The summed E-state index contributed by atoms with van der Waals surface area (Å²) in [6.45, 7) is 4.01. The minimum absolute atomic E-state index is 0.00728. The van der Waals surface area contributed by atoms with Crippen LogP contribution in [0.4, 0.5) is 0 Å². The van der Waals surface area contributed by atoms with Crippen LogP contribution >= 0.6 is 11.6 Å². The van der Waals surface area contributed by atoms with Gasteiger partial charge in [0.15, 0.2) is 5.78 Å². The zero-order valence-electron chi connectivity index (χ0n) is 10.9. The van der Waals surface area contributed by atoms with Crippen LogP contribution in [0.15, 0.2) is 42.5 Å². The quantitative estimate of drug-likeness (QED) is 0.771. The highest BCUT2D eigenvalue weighted by molar-refractivity contribution is 6.32. The van der Waals surface area contributed by atoms with Gasteiger partial charge in [0.2, 0.25) is 0 Å². The predicted molar refractivity (Wildman–Crippen MR) is 77.0 cm³/mol. The van der Waals surface area contributed by atoms with E-state index in [1.807, 2.05) is 25.1 Å². The number of ketones is 1. The third-order valence-electron chi connectivity index (χ3n) is 2.82. The Hall–Kier alpha value is -1.80. The first-order chi connectivity index (χ1) is 9.06. The van der Waals surface area contributed by atoms with E-state index in [-0.39, 0.29) is 5.78 Å². The maximum absolute atomic E-state index is 11.2. The summed E-state index contributed by atoms with van der Waals surface area (Å²) in [4.78, 5) is 11.2. The van der Waals surface area contributed by atoms with Crippen molar-refractivity contribution in [1.82, 2.24) is 0 Å². The van der Waals surface area contributed by atoms with Gasteiger partial charge < -0.3 is 4.74 Å². The van der Waals surface area contributed by atoms with Gasteiger partial charge in [0.05, 0.1) is 5.02 Å². The number of ether oxygens (including phenoxy) is 1. The first-order valence-corrected chi connectivity index (χ1v) is 6.43. The molecule has 0 saturated carbocycles. The number of rotatable bonds is 4. The third-order valence-corrected chi connectivity index (χ3v) is 3.11. The first-order valence-electron chi connectivity index (χ1n) is 6.05. The van der Waals surface area contributed by atoms with E-state index >= 15 is 0 Å². The molecule has 0 amide bonds. The molecule has 98 valence electrons. The van der Waals surface area contributed by atoms with E-state index in [4.69, 9.17) is 16.3 Å². The van der Waals surface area contributed by atoms with Crippen molar-refractivity contribution >= 4 is 17.4 Å². The van der Waals surface area contributed by atoms with Gasteiger partial charge in [-0.2, -0.15) is 0 Å². The maximum Gasteiger partial charge on any atom is 0.159 e. The van der Waals surface area contributed by atoms with Crippen molar-refractivity contribution in [3.05, 3.63) is 64.2 Å². The number of benzene rings is 2. The largest absolute Gasteiger partial charge is 0.487 e. The standard InChI is InChI=1S/C16H15ClO2/c1-11-4-3-5-13(8-11)10-19-16-7-6-14(12(2)18)9-15(16)17/h3-9H,10H2,1-2H3. The Kier molecular flexibility index (Phi) is 4.23. The second-order valence-electron chi connectivity index (χ2n) is 4.48. The third kappa shape index (κ3) is 3.58. The number of aryl methyl sites for hydroxylation is 1. The van der Waals surface area contributed by atoms with Crippen LogP contribution in [0.5, 0.6) is 5.75 Å². The molecule has 19 heavy (non-hydrogen) atoms. The van der Waals surface area contributed by atoms with Gasteiger partial charge in [0.25, 0.3) is 0 Å².